The Bertz CT molecular complexity index is 1180. The van der Waals surface area contributed by atoms with Crippen LogP contribution >= 0.6 is 23.2 Å². The van der Waals surface area contributed by atoms with Gasteiger partial charge in [-0.15, -0.1) is 5.06 Å². The zero-order valence-electron chi connectivity index (χ0n) is 17.9. The van der Waals surface area contributed by atoms with Gasteiger partial charge in [-0.05, 0) is 53.4 Å². The Hall–Kier alpha value is -3.26. The molecule has 0 fully saturated rings. The van der Waals surface area contributed by atoms with E-state index in [-0.39, 0.29) is 6.61 Å². The summed E-state index contributed by atoms with van der Waals surface area (Å²) < 4.78 is 10.8. The van der Waals surface area contributed by atoms with Crippen LogP contribution in [0.15, 0.2) is 66.7 Å². The standard InChI is InChI=1S/C25H21Cl2NO6/c26-18-7-5-16(6-8-18)14-33-25(31)34-28-12-11-17-3-1-2-4-20(17)24(28)21-13-19(27)9-10-22(21)32-15-23(29)30/h1-10,13,24H,11-12,14-15H2,(H,29,30). The number of benzene rings is 3. The van der Waals surface area contributed by atoms with Crippen LogP contribution in [0.4, 0.5) is 4.79 Å². The van der Waals surface area contributed by atoms with Gasteiger partial charge >= 0.3 is 12.1 Å². The molecule has 7 nitrogen and oxygen atoms in total. The number of ether oxygens (including phenoxy) is 2. The summed E-state index contributed by atoms with van der Waals surface area (Å²) in [5.41, 5.74) is 3.31. The Morgan fingerprint density at radius 1 is 0.971 bits per heavy atom. The lowest BCUT2D eigenvalue weighted by atomic mass is 9.89. The average molecular weight is 502 g/mol. The molecule has 176 valence electrons. The van der Waals surface area contributed by atoms with Crippen LogP contribution in [0.2, 0.25) is 10.0 Å². The predicted octanol–water partition coefficient (Wildman–Crippen LogP) is 5.67. The number of carbonyl (C=O) groups is 2. The lowest BCUT2D eigenvalue weighted by Gasteiger charge is -2.36. The highest BCUT2D eigenvalue weighted by atomic mass is 35.5. The van der Waals surface area contributed by atoms with Gasteiger partial charge in [0, 0.05) is 22.2 Å². The molecule has 0 amide bonds. The highest BCUT2D eigenvalue weighted by Crippen LogP contribution is 2.40. The van der Waals surface area contributed by atoms with E-state index in [4.69, 9.17) is 42.6 Å². The van der Waals surface area contributed by atoms with Gasteiger partial charge in [-0.3, -0.25) is 0 Å². The molecular formula is C25H21Cl2NO6. The van der Waals surface area contributed by atoms with Crippen molar-refractivity contribution in [1.29, 1.82) is 0 Å². The third-order valence-electron chi connectivity index (χ3n) is 5.32. The molecule has 0 saturated heterocycles. The molecule has 1 N–H and O–H groups in total. The van der Waals surface area contributed by atoms with E-state index in [1.54, 1.807) is 42.5 Å². The van der Waals surface area contributed by atoms with Crippen LogP contribution in [0.25, 0.3) is 0 Å². The summed E-state index contributed by atoms with van der Waals surface area (Å²) >= 11 is 12.2. The minimum atomic E-state index is -1.11. The molecule has 0 bridgehead atoms. The Balaban J connectivity index is 1.60. The van der Waals surface area contributed by atoms with Crippen LogP contribution in [0.1, 0.15) is 28.3 Å². The number of hydroxylamine groups is 2. The van der Waals surface area contributed by atoms with Crippen LogP contribution in [-0.4, -0.2) is 35.4 Å². The van der Waals surface area contributed by atoms with Gasteiger partial charge < -0.3 is 19.4 Å². The third kappa shape index (κ3) is 5.80. The quantitative estimate of drug-likeness (QED) is 0.417. The minimum Gasteiger partial charge on any atom is -0.482 e. The molecule has 0 aliphatic carbocycles. The van der Waals surface area contributed by atoms with Crippen LogP contribution in [-0.2, 0) is 27.4 Å². The zero-order valence-corrected chi connectivity index (χ0v) is 19.5. The van der Waals surface area contributed by atoms with Crippen LogP contribution in [0.5, 0.6) is 5.75 Å². The van der Waals surface area contributed by atoms with Crippen molar-refractivity contribution < 1.29 is 29.0 Å². The first-order chi connectivity index (χ1) is 16.4. The van der Waals surface area contributed by atoms with Crippen LogP contribution in [0.3, 0.4) is 0 Å². The maximum Gasteiger partial charge on any atom is 0.528 e. The first kappa shape index (κ1) is 23.9. The van der Waals surface area contributed by atoms with E-state index >= 15 is 0 Å². The first-order valence-electron chi connectivity index (χ1n) is 10.5. The van der Waals surface area contributed by atoms with Gasteiger partial charge in [0.1, 0.15) is 12.4 Å². The van der Waals surface area contributed by atoms with E-state index in [0.29, 0.717) is 34.3 Å². The lowest BCUT2D eigenvalue weighted by molar-refractivity contribution is -0.152. The highest BCUT2D eigenvalue weighted by molar-refractivity contribution is 6.30. The fraction of sp³-hybridized carbons (Fsp3) is 0.200. The molecule has 3 aromatic rings. The first-order valence-corrected chi connectivity index (χ1v) is 11.2. The number of carboxylic acid groups (broad SMARTS) is 1. The summed E-state index contributed by atoms with van der Waals surface area (Å²) in [6.45, 7) is -0.106. The summed E-state index contributed by atoms with van der Waals surface area (Å²) in [6, 6.07) is 19.0. The number of fused-ring (bicyclic) bond motifs is 1. The molecule has 1 aliphatic rings. The number of hydrogen-bond acceptors (Lipinski definition) is 6. The number of halogens is 2. The van der Waals surface area contributed by atoms with Crippen molar-refractivity contribution in [3.63, 3.8) is 0 Å². The fourth-order valence-corrected chi connectivity index (χ4v) is 4.12. The van der Waals surface area contributed by atoms with Gasteiger partial charge in [-0.1, -0.05) is 59.6 Å². The van der Waals surface area contributed by atoms with Gasteiger partial charge in [0.25, 0.3) is 0 Å². The summed E-state index contributed by atoms with van der Waals surface area (Å²) in [6.07, 6.45) is -0.224. The summed E-state index contributed by atoms with van der Waals surface area (Å²) in [4.78, 5) is 29.3. The third-order valence-corrected chi connectivity index (χ3v) is 5.81. The number of rotatable bonds is 7. The smallest absolute Gasteiger partial charge is 0.482 e. The molecule has 9 heteroatoms. The van der Waals surface area contributed by atoms with Crippen molar-refractivity contribution >= 4 is 35.3 Å². The molecule has 1 atom stereocenters. The summed E-state index contributed by atoms with van der Waals surface area (Å²) in [5.74, 6) is -0.777. The number of hydrogen-bond donors (Lipinski definition) is 1. The van der Waals surface area contributed by atoms with E-state index in [9.17, 15) is 9.59 Å². The Labute approximate surface area is 206 Å². The molecular weight excluding hydrogens is 481 g/mol. The van der Waals surface area contributed by atoms with Crippen LogP contribution in [0, 0.1) is 0 Å². The van der Waals surface area contributed by atoms with Crippen molar-refractivity contribution in [2.24, 2.45) is 0 Å². The monoisotopic (exact) mass is 501 g/mol. The number of carbonyl (C=O) groups excluding carboxylic acids is 1. The molecule has 4 rings (SSSR count). The maximum atomic E-state index is 12.6. The average Bonchev–Trinajstić information content (AvgIpc) is 2.82. The molecule has 0 radical (unpaired) electrons. The summed E-state index contributed by atoms with van der Waals surface area (Å²) in [5, 5.41) is 11.6. The normalized spacial score (nSPS) is 15.3. The molecule has 0 spiro atoms. The molecule has 0 saturated carbocycles. The molecule has 1 unspecified atom stereocenters. The van der Waals surface area contributed by atoms with Gasteiger partial charge in [0.2, 0.25) is 0 Å². The molecule has 3 aromatic carbocycles. The van der Waals surface area contributed by atoms with E-state index < -0.39 is 24.8 Å². The largest absolute Gasteiger partial charge is 0.528 e. The minimum absolute atomic E-state index is 0.0230. The van der Waals surface area contributed by atoms with Crippen molar-refractivity contribution in [3.05, 3.63) is 99.0 Å². The topological polar surface area (TPSA) is 85.3 Å². The summed E-state index contributed by atoms with van der Waals surface area (Å²) in [7, 11) is 0. The Morgan fingerprint density at radius 3 is 2.47 bits per heavy atom. The molecule has 1 aliphatic heterocycles. The predicted molar refractivity (Wildman–Crippen MR) is 126 cm³/mol. The second-order valence-corrected chi connectivity index (χ2v) is 8.49. The Kier molecular flexibility index (Phi) is 7.57. The van der Waals surface area contributed by atoms with Gasteiger partial charge in [0.15, 0.2) is 6.61 Å². The van der Waals surface area contributed by atoms with Gasteiger partial charge in [-0.2, -0.15) is 0 Å². The number of carboxylic acids is 1. The fourth-order valence-electron chi connectivity index (χ4n) is 3.81. The van der Waals surface area contributed by atoms with Crippen molar-refractivity contribution in [3.8, 4) is 5.75 Å². The van der Waals surface area contributed by atoms with E-state index in [2.05, 4.69) is 0 Å². The highest BCUT2D eigenvalue weighted by Gasteiger charge is 2.34. The molecule has 34 heavy (non-hydrogen) atoms. The number of aliphatic carboxylic acids is 1. The van der Waals surface area contributed by atoms with Crippen LogP contribution < -0.4 is 4.74 Å². The second-order valence-electron chi connectivity index (χ2n) is 7.61. The zero-order chi connectivity index (χ0) is 24.1. The molecule has 0 aromatic heterocycles. The maximum absolute atomic E-state index is 12.6. The molecule has 1 heterocycles. The van der Waals surface area contributed by atoms with E-state index in [0.717, 1.165) is 16.7 Å². The number of nitrogens with zero attached hydrogens (tertiary/aromatic N) is 1. The van der Waals surface area contributed by atoms with Gasteiger partial charge in [-0.25, -0.2) is 9.59 Å². The van der Waals surface area contributed by atoms with Crippen molar-refractivity contribution in [2.45, 2.75) is 19.1 Å². The van der Waals surface area contributed by atoms with E-state index in [1.807, 2.05) is 24.3 Å². The second kappa shape index (κ2) is 10.8. The van der Waals surface area contributed by atoms with Gasteiger partial charge in [0.05, 0.1) is 6.04 Å². The van der Waals surface area contributed by atoms with E-state index in [1.165, 1.54) is 5.06 Å². The van der Waals surface area contributed by atoms with Crippen molar-refractivity contribution in [2.75, 3.05) is 13.2 Å². The SMILES string of the molecule is O=C(O)COc1ccc(Cl)cc1C1c2ccccc2CCN1OC(=O)OCc1ccc(Cl)cc1. The van der Waals surface area contributed by atoms with Crippen molar-refractivity contribution in [1.82, 2.24) is 5.06 Å². The lowest BCUT2D eigenvalue weighted by Crippen LogP contribution is -2.38. The Morgan fingerprint density at radius 2 is 1.71 bits per heavy atom.